The molecule has 7 nitrogen and oxygen atoms in total. The number of carbonyl (C=O) groups is 1. The maximum Gasteiger partial charge on any atom is 0.325 e. The predicted octanol–water partition coefficient (Wildman–Crippen LogP) is 2.11. The number of nitro benzene ring substituents is 1. The van der Waals surface area contributed by atoms with Gasteiger partial charge >= 0.3 is 6.03 Å². The lowest BCUT2D eigenvalue weighted by Crippen LogP contribution is -2.23. The van der Waals surface area contributed by atoms with E-state index in [1.54, 1.807) is 6.07 Å². The molecule has 1 aromatic carbocycles. The van der Waals surface area contributed by atoms with Crippen molar-refractivity contribution in [1.82, 2.24) is 9.55 Å². The number of nitro groups is 1. The minimum atomic E-state index is -0.841. The maximum absolute atomic E-state index is 11.4. The molecule has 0 saturated heterocycles. The fraction of sp³-hybridized carbons (Fsp3) is 0. The van der Waals surface area contributed by atoms with Gasteiger partial charge in [-0.05, 0) is 24.4 Å². The monoisotopic (exact) mass is 276 g/mol. The summed E-state index contributed by atoms with van der Waals surface area (Å²) in [5.74, 6) is 0. The van der Waals surface area contributed by atoms with Gasteiger partial charge in [-0.15, -0.1) is 0 Å². The van der Waals surface area contributed by atoms with Crippen LogP contribution in [0.4, 0.5) is 10.5 Å². The Morgan fingerprint density at radius 1 is 1.37 bits per heavy atom. The van der Waals surface area contributed by atoms with Crippen LogP contribution in [0.5, 0.6) is 0 Å². The molecule has 0 aliphatic heterocycles. The quantitative estimate of drug-likeness (QED) is 0.514. The van der Waals surface area contributed by atoms with E-state index in [9.17, 15) is 14.9 Å². The Balaban J connectivity index is 2.80. The van der Waals surface area contributed by atoms with Crippen LogP contribution in [0.25, 0.3) is 11.3 Å². The summed E-state index contributed by atoms with van der Waals surface area (Å²) < 4.78 is 0.903. The molecule has 1 heterocycles. The highest BCUT2D eigenvalue weighted by molar-refractivity contribution is 7.71. The Bertz CT molecular complexity index is 726. The van der Waals surface area contributed by atoms with Crippen LogP contribution in [0.2, 0.25) is 0 Å². The number of aromatic nitrogens is 2. The molecule has 1 aromatic heterocycles. The summed E-state index contributed by atoms with van der Waals surface area (Å²) in [4.78, 5) is 25.6. The highest BCUT2D eigenvalue weighted by Gasteiger charge is 2.18. The van der Waals surface area contributed by atoms with Gasteiger partial charge in [0, 0.05) is 12.3 Å². The fourth-order valence-electron chi connectivity index (χ4n) is 1.68. The smallest absolute Gasteiger partial charge is 0.325 e. The zero-order chi connectivity index (χ0) is 14.0. The Kier molecular flexibility index (Phi) is 3.34. The van der Waals surface area contributed by atoms with Gasteiger partial charge in [-0.3, -0.25) is 10.1 Å². The molecule has 0 atom stereocenters. The Labute approximate surface area is 112 Å². The highest BCUT2D eigenvalue weighted by Crippen LogP contribution is 2.28. The molecule has 2 N–H and O–H groups in total. The normalized spacial score (nSPS) is 10.1. The largest absolute Gasteiger partial charge is 0.351 e. The van der Waals surface area contributed by atoms with Crippen LogP contribution in [0.15, 0.2) is 36.5 Å². The van der Waals surface area contributed by atoms with Gasteiger partial charge in [0.25, 0.3) is 5.69 Å². The van der Waals surface area contributed by atoms with Crippen LogP contribution in [0.3, 0.4) is 0 Å². The molecular weight excluding hydrogens is 268 g/mol. The van der Waals surface area contributed by atoms with Crippen LogP contribution in [0.1, 0.15) is 0 Å². The molecule has 0 aliphatic rings. The number of hydrogen-bond acceptors (Lipinski definition) is 5. The number of benzene rings is 1. The summed E-state index contributed by atoms with van der Waals surface area (Å²) >= 11 is 4.91. The van der Waals surface area contributed by atoms with Crippen molar-refractivity contribution in [2.75, 3.05) is 0 Å². The second-order valence-electron chi connectivity index (χ2n) is 3.56. The van der Waals surface area contributed by atoms with Crippen LogP contribution < -0.4 is 5.73 Å². The van der Waals surface area contributed by atoms with E-state index in [1.165, 1.54) is 30.5 Å². The molecule has 96 valence electrons. The lowest BCUT2D eigenvalue weighted by atomic mass is 10.1. The second kappa shape index (κ2) is 4.94. The van der Waals surface area contributed by atoms with E-state index in [2.05, 4.69) is 4.98 Å². The van der Waals surface area contributed by atoms with Crippen molar-refractivity contribution in [3.8, 4) is 11.3 Å². The van der Waals surface area contributed by atoms with Crippen molar-refractivity contribution >= 4 is 23.9 Å². The lowest BCUT2D eigenvalue weighted by Gasteiger charge is -2.09. The molecular formula is C11H8N4O3S. The molecule has 0 unspecified atom stereocenters. The van der Waals surface area contributed by atoms with E-state index >= 15 is 0 Å². The lowest BCUT2D eigenvalue weighted by molar-refractivity contribution is -0.384. The van der Waals surface area contributed by atoms with E-state index in [0.29, 0.717) is 0 Å². The fourth-order valence-corrected chi connectivity index (χ4v) is 1.93. The summed E-state index contributed by atoms with van der Waals surface area (Å²) in [6.07, 6.45) is 1.37. The number of nitrogens with zero attached hydrogens (tertiary/aromatic N) is 3. The van der Waals surface area contributed by atoms with E-state index in [-0.39, 0.29) is 21.7 Å². The number of amides is 1. The summed E-state index contributed by atoms with van der Waals surface area (Å²) in [6.45, 7) is 0. The van der Waals surface area contributed by atoms with Crippen LogP contribution in [0, 0.1) is 14.9 Å². The zero-order valence-electron chi connectivity index (χ0n) is 9.52. The Morgan fingerprint density at radius 2 is 2.05 bits per heavy atom. The van der Waals surface area contributed by atoms with Crippen molar-refractivity contribution in [2.45, 2.75) is 0 Å². The molecule has 2 aromatic rings. The number of nitrogens with two attached hydrogens (primary N) is 1. The first kappa shape index (κ1) is 12.8. The predicted molar refractivity (Wildman–Crippen MR) is 70.1 cm³/mol. The number of carbonyl (C=O) groups excluding carboxylic acids is 1. The molecule has 0 fully saturated rings. The highest BCUT2D eigenvalue weighted by atomic mass is 32.1. The summed E-state index contributed by atoms with van der Waals surface area (Å²) in [6, 6.07) is 6.61. The van der Waals surface area contributed by atoms with E-state index in [4.69, 9.17) is 18.0 Å². The molecule has 1 amide bonds. The van der Waals surface area contributed by atoms with Crippen molar-refractivity contribution in [2.24, 2.45) is 5.73 Å². The number of para-hydroxylation sites is 1. The zero-order valence-corrected chi connectivity index (χ0v) is 10.3. The third-order valence-corrected chi connectivity index (χ3v) is 2.73. The molecule has 0 bridgehead atoms. The minimum absolute atomic E-state index is 0.0526. The number of hydrogen-bond donors (Lipinski definition) is 1. The first-order valence-electron chi connectivity index (χ1n) is 5.14. The summed E-state index contributed by atoms with van der Waals surface area (Å²) in [5.41, 5.74) is 5.57. The SMILES string of the molecule is NC(=O)n1c(-c2ccccc2[N+](=O)[O-])ccnc1=S. The minimum Gasteiger partial charge on any atom is -0.351 e. The van der Waals surface area contributed by atoms with Crippen molar-refractivity contribution in [1.29, 1.82) is 0 Å². The third kappa shape index (κ3) is 2.33. The van der Waals surface area contributed by atoms with Gasteiger partial charge in [-0.1, -0.05) is 12.1 Å². The Morgan fingerprint density at radius 3 is 2.68 bits per heavy atom. The van der Waals surface area contributed by atoms with Gasteiger partial charge in [0.1, 0.15) is 0 Å². The van der Waals surface area contributed by atoms with Gasteiger partial charge in [-0.25, -0.2) is 14.3 Å². The second-order valence-corrected chi connectivity index (χ2v) is 3.93. The average molecular weight is 276 g/mol. The van der Waals surface area contributed by atoms with Gasteiger partial charge < -0.3 is 5.73 Å². The van der Waals surface area contributed by atoms with Gasteiger partial charge in [0.15, 0.2) is 0 Å². The van der Waals surface area contributed by atoms with Crippen LogP contribution >= 0.6 is 12.2 Å². The number of primary amides is 1. The van der Waals surface area contributed by atoms with Crippen molar-refractivity contribution in [3.05, 3.63) is 51.4 Å². The molecule has 0 aliphatic carbocycles. The number of rotatable bonds is 2. The van der Waals surface area contributed by atoms with Crippen molar-refractivity contribution in [3.63, 3.8) is 0 Å². The average Bonchev–Trinajstić information content (AvgIpc) is 2.37. The molecule has 0 spiro atoms. The third-order valence-electron chi connectivity index (χ3n) is 2.45. The van der Waals surface area contributed by atoms with Crippen LogP contribution in [-0.4, -0.2) is 20.5 Å². The molecule has 19 heavy (non-hydrogen) atoms. The standard InChI is InChI=1S/C11H8N4O3S/c12-10(16)14-8(5-6-13-11(14)19)7-3-1-2-4-9(7)15(17)18/h1-6H,(H2,12,16). The van der Waals surface area contributed by atoms with Gasteiger partial charge in [-0.2, -0.15) is 0 Å². The summed E-state index contributed by atoms with van der Waals surface area (Å²) in [7, 11) is 0. The molecule has 0 radical (unpaired) electrons. The first-order valence-corrected chi connectivity index (χ1v) is 5.55. The topological polar surface area (TPSA) is 104 Å². The van der Waals surface area contributed by atoms with E-state index in [0.717, 1.165) is 4.57 Å². The van der Waals surface area contributed by atoms with Crippen molar-refractivity contribution < 1.29 is 9.72 Å². The van der Waals surface area contributed by atoms with Crippen LogP contribution in [-0.2, 0) is 0 Å². The molecule has 8 heteroatoms. The van der Waals surface area contributed by atoms with E-state index < -0.39 is 11.0 Å². The molecule has 2 rings (SSSR count). The van der Waals surface area contributed by atoms with Gasteiger partial charge in [0.2, 0.25) is 4.77 Å². The van der Waals surface area contributed by atoms with E-state index in [1.807, 2.05) is 0 Å². The molecule has 0 saturated carbocycles. The first-order chi connectivity index (χ1) is 9.02. The maximum atomic E-state index is 11.4. The Hall–Kier alpha value is -2.61. The summed E-state index contributed by atoms with van der Waals surface area (Å²) in [5, 5.41) is 11.0. The van der Waals surface area contributed by atoms with Gasteiger partial charge in [0.05, 0.1) is 16.2 Å².